The fourth-order valence-electron chi connectivity index (χ4n) is 2.06. The maximum Gasteiger partial charge on any atom is 0.416 e. The summed E-state index contributed by atoms with van der Waals surface area (Å²) in [6, 6.07) is 7.58. The van der Waals surface area contributed by atoms with Crippen LogP contribution in [0.2, 0.25) is 0 Å². The van der Waals surface area contributed by atoms with E-state index in [0.29, 0.717) is 12.7 Å². The standard InChI is InChI=1S/C16H13F3N2O4/c1-2-25-12-6-7-13(14(9-12)21(23)24)20-15(22)10-4-3-5-11(8-10)16(17,18)19/h3-9H,2H2,1H3,(H,20,22). The van der Waals surface area contributed by atoms with Crippen LogP contribution >= 0.6 is 0 Å². The predicted molar refractivity (Wildman–Crippen MR) is 83.7 cm³/mol. The number of carbonyl (C=O) groups is 1. The van der Waals surface area contributed by atoms with E-state index in [1.54, 1.807) is 6.92 Å². The van der Waals surface area contributed by atoms with Gasteiger partial charge in [0.2, 0.25) is 0 Å². The van der Waals surface area contributed by atoms with Crippen LogP contribution in [-0.4, -0.2) is 17.4 Å². The van der Waals surface area contributed by atoms with E-state index in [9.17, 15) is 28.1 Å². The zero-order chi connectivity index (χ0) is 18.6. The largest absolute Gasteiger partial charge is 0.494 e. The zero-order valence-electron chi connectivity index (χ0n) is 13.0. The second kappa shape index (κ2) is 7.20. The number of nitro groups is 1. The molecular formula is C16H13F3N2O4. The van der Waals surface area contributed by atoms with Gasteiger partial charge in [-0.3, -0.25) is 14.9 Å². The van der Waals surface area contributed by atoms with Gasteiger partial charge in [0.25, 0.3) is 11.6 Å². The van der Waals surface area contributed by atoms with Gasteiger partial charge in [0.1, 0.15) is 11.4 Å². The summed E-state index contributed by atoms with van der Waals surface area (Å²) in [7, 11) is 0. The lowest BCUT2D eigenvalue weighted by atomic mass is 10.1. The molecule has 0 fully saturated rings. The maximum atomic E-state index is 12.7. The minimum absolute atomic E-state index is 0.143. The van der Waals surface area contributed by atoms with E-state index in [1.807, 2.05) is 0 Å². The van der Waals surface area contributed by atoms with Crippen LogP contribution in [0.25, 0.3) is 0 Å². The minimum Gasteiger partial charge on any atom is -0.494 e. The van der Waals surface area contributed by atoms with E-state index in [4.69, 9.17) is 4.74 Å². The molecule has 0 bridgehead atoms. The van der Waals surface area contributed by atoms with Crippen LogP contribution in [0.1, 0.15) is 22.8 Å². The summed E-state index contributed by atoms with van der Waals surface area (Å²) >= 11 is 0. The number of carbonyl (C=O) groups excluding carboxylic acids is 1. The third-order valence-corrected chi connectivity index (χ3v) is 3.18. The molecule has 0 spiro atoms. The summed E-state index contributed by atoms with van der Waals surface area (Å²) in [6.07, 6.45) is -4.60. The van der Waals surface area contributed by atoms with Crippen molar-refractivity contribution in [2.75, 3.05) is 11.9 Å². The molecule has 2 aromatic rings. The Morgan fingerprint density at radius 1 is 1.24 bits per heavy atom. The first-order valence-corrected chi connectivity index (χ1v) is 7.12. The highest BCUT2D eigenvalue weighted by molar-refractivity contribution is 6.05. The molecule has 1 N–H and O–H groups in total. The van der Waals surface area contributed by atoms with E-state index in [2.05, 4.69) is 5.32 Å². The third-order valence-electron chi connectivity index (χ3n) is 3.18. The molecule has 0 aliphatic rings. The molecule has 0 unspecified atom stereocenters. The van der Waals surface area contributed by atoms with Gasteiger partial charge in [0.05, 0.1) is 23.2 Å². The van der Waals surface area contributed by atoms with Crippen molar-refractivity contribution in [2.24, 2.45) is 0 Å². The molecular weight excluding hydrogens is 341 g/mol. The van der Waals surface area contributed by atoms with Gasteiger partial charge >= 0.3 is 6.18 Å². The normalized spacial score (nSPS) is 11.0. The number of nitro benzene ring substituents is 1. The monoisotopic (exact) mass is 354 g/mol. The van der Waals surface area contributed by atoms with Gasteiger partial charge < -0.3 is 10.1 Å². The molecule has 0 aliphatic heterocycles. The Hall–Kier alpha value is -3.10. The summed E-state index contributed by atoms with van der Waals surface area (Å²) in [4.78, 5) is 22.6. The van der Waals surface area contributed by atoms with Gasteiger partial charge in [-0.2, -0.15) is 13.2 Å². The lowest BCUT2D eigenvalue weighted by Crippen LogP contribution is -2.15. The fraction of sp³-hybridized carbons (Fsp3) is 0.188. The van der Waals surface area contributed by atoms with Crippen LogP contribution in [0.4, 0.5) is 24.5 Å². The first-order chi connectivity index (χ1) is 11.7. The Balaban J connectivity index is 2.30. The SMILES string of the molecule is CCOc1ccc(NC(=O)c2cccc(C(F)(F)F)c2)c([N+](=O)[O-])c1. The molecule has 0 saturated carbocycles. The van der Waals surface area contributed by atoms with Crippen molar-refractivity contribution in [1.82, 2.24) is 0 Å². The summed E-state index contributed by atoms with van der Waals surface area (Å²) in [6.45, 7) is 2.00. The number of nitrogens with one attached hydrogen (secondary N) is 1. The number of hydrogen-bond donors (Lipinski definition) is 1. The van der Waals surface area contributed by atoms with Crippen LogP contribution in [0.15, 0.2) is 42.5 Å². The van der Waals surface area contributed by atoms with Gasteiger partial charge in [-0.15, -0.1) is 0 Å². The first-order valence-electron chi connectivity index (χ1n) is 7.12. The van der Waals surface area contributed by atoms with Crippen molar-refractivity contribution >= 4 is 17.3 Å². The van der Waals surface area contributed by atoms with Crippen LogP contribution in [0.3, 0.4) is 0 Å². The number of ether oxygens (including phenoxy) is 1. The van der Waals surface area contributed by atoms with Crippen molar-refractivity contribution in [3.8, 4) is 5.75 Å². The highest BCUT2D eigenvalue weighted by atomic mass is 19.4. The number of alkyl halides is 3. The summed E-state index contributed by atoms with van der Waals surface area (Å²) < 4.78 is 43.3. The Labute approximate surface area is 140 Å². The highest BCUT2D eigenvalue weighted by Gasteiger charge is 2.31. The van der Waals surface area contributed by atoms with Gasteiger partial charge in [-0.1, -0.05) is 6.07 Å². The Morgan fingerprint density at radius 2 is 1.96 bits per heavy atom. The number of benzene rings is 2. The van der Waals surface area contributed by atoms with Gasteiger partial charge in [-0.25, -0.2) is 0 Å². The molecule has 0 aromatic heterocycles. The van der Waals surface area contributed by atoms with E-state index in [0.717, 1.165) is 18.2 Å². The zero-order valence-corrected chi connectivity index (χ0v) is 13.0. The van der Waals surface area contributed by atoms with Crippen LogP contribution in [-0.2, 0) is 6.18 Å². The second-order valence-corrected chi connectivity index (χ2v) is 4.90. The Morgan fingerprint density at radius 3 is 2.56 bits per heavy atom. The Kier molecular flexibility index (Phi) is 5.26. The smallest absolute Gasteiger partial charge is 0.416 e. The van der Waals surface area contributed by atoms with Crippen LogP contribution < -0.4 is 10.1 Å². The summed E-state index contributed by atoms with van der Waals surface area (Å²) in [5, 5.41) is 13.4. The molecule has 0 heterocycles. The number of nitrogens with zero attached hydrogens (tertiary/aromatic N) is 1. The fourth-order valence-corrected chi connectivity index (χ4v) is 2.06. The number of amides is 1. The number of halogens is 3. The van der Waals surface area contributed by atoms with Crippen LogP contribution in [0.5, 0.6) is 5.75 Å². The number of hydrogen-bond acceptors (Lipinski definition) is 4. The van der Waals surface area contributed by atoms with Crippen molar-refractivity contribution < 1.29 is 27.6 Å². The molecule has 6 nitrogen and oxygen atoms in total. The van der Waals surface area contributed by atoms with E-state index >= 15 is 0 Å². The van der Waals surface area contributed by atoms with Crippen molar-refractivity contribution in [3.63, 3.8) is 0 Å². The lowest BCUT2D eigenvalue weighted by molar-refractivity contribution is -0.384. The highest BCUT2D eigenvalue weighted by Crippen LogP contribution is 2.31. The quantitative estimate of drug-likeness (QED) is 0.642. The molecule has 0 atom stereocenters. The third kappa shape index (κ3) is 4.46. The average molecular weight is 354 g/mol. The lowest BCUT2D eigenvalue weighted by Gasteiger charge is -2.10. The van der Waals surface area contributed by atoms with Crippen molar-refractivity contribution in [2.45, 2.75) is 13.1 Å². The molecule has 2 rings (SSSR count). The molecule has 0 radical (unpaired) electrons. The molecule has 9 heteroatoms. The summed E-state index contributed by atoms with van der Waals surface area (Å²) in [5.74, 6) is -0.648. The predicted octanol–water partition coefficient (Wildman–Crippen LogP) is 4.26. The maximum absolute atomic E-state index is 12.7. The first kappa shape index (κ1) is 18.2. The van der Waals surface area contributed by atoms with Gasteiger partial charge in [-0.05, 0) is 37.3 Å². The molecule has 0 saturated heterocycles. The average Bonchev–Trinajstić information content (AvgIpc) is 2.55. The van der Waals surface area contributed by atoms with Gasteiger partial charge in [0.15, 0.2) is 0 Å². The second-order valence-electron chi connectivity index (χ2n) is 4.90. The Bertz CT molecular complexity index is 806. The topological polar surface area (TPSA) is 81.5 Å². The van der Waals surface area contributed by atoms with E-state index in [-0.39, 0.29) is 17.0 Å². The molecule has 2 aromatic carbocycles. The molecule has 1 amide bonds. The van der Waals surface area contributed by atoms with Crippen molar-refractivity contribution in [3.05, 3.63) is 63.7 Å². The molecule has 25 heavy (non-hydrogen) atoms. The number of anilines is 1. The van der Waals surface area contributed by atoms with E-state index in [1.165, 1.54) is 18.2 Å². The molecule has 132 valence electrons. The number of rotatable bonds is 5. The molecule has 0 aliphatic carbocycles. The van der Waals surface area contributed by atoms with E-state index < -0.39 is 28.3 Å². The summed E-state index contributed by atoms with van der Waals surface area (Å²) in [5.41, 5.74) is -1.82. The van der Waals surface area contributed by atoms with Crippen LogP contribution in [0, 0.1) is 10.1 Å². The van der Waals surface area contributed by atoms with Crippen molar-refractivity contribution in [1.29, 1.82) is 0 Å². The van der Waals surface area contributed by atoms with Gasteiger partial charge in [0, 0.05) is 5.56 Å². The minimum atomic E-state index is -4.60.